The summed E-state index contributed by atoms with van der Waals surface area (Å²) in [7, 11) is -8.35. The van der Waals surface area contributed by atoms with Crippen molar-refractivity contribution in [3.8, 4) is 0 Å². The van der Waals surface area contributed by atoms with Crippen LogP contribution in [0.5, 0.6) is 0 Å². The number of hydrogen-bond acceptors (Lipinski definition) is 6. The zero-order chi connectivity index (χ0) is 11.8. The van der Waals surface area contributed by atoms with Crippen molar-refractivity contribution in [2.24, 2.45) is 0 Å². The molecule has 0 rings (SSSR count). The molecule has 90 valence electrons. The van der Waals surface area contributed by atoms with Crippen molar-refractivity contribution < 1.29 is 53.8 Å². The van der Waals surface area contributed by atoms with Crippen LogP contribution in [0, 0.1) is 0 Å². The van der Waals surface area contributed by atoms with E-state index in [4.69, 9.17) is 9.11 Å². The molecule has 0 amide bonds. The van der Waals surface area contributed by atoms with Gasteiger partial charge in [-0.3, -0.25) is 9.11 Å². The molecule has 0 saturated carbocycles. The van der Waals surface area contributed by atoms with E-state index in [2.05, 4.69) is 8.37 Å². The maximum Gasteiger partial charge on any atom is 0.397 e. The van der Waals surface area contributed by atoms with Crippen LogP contribution in [0.25, 0.3) is 0 Å². The van der Waals surface area contributed by atoms with Crippen molar-refractivity contribution in [1.82, 2.24) is 0 Å². The predicted molar refractivity (Wildman–Crippen MR) is 46.3 cm³/mol. The van der Waals surface area contributed by atoms with Gasteiger partial charge in [0.2, 0.25) is 0 Å². The van der Waals surface area contributed by atoms with Crippen LogP contribution in [0.1, 0.15) is 13.8 Å². The van der Waals surface area contributed by atoms with Gasteiger partial charge in [0.1, 0.15) is 0 Å². The van der Waals surface area contributed by atoms with E-state index < -0.39 is 20.8 Å². The Kier molecular flexibility index (Phi) is 13.2. The molecule has 0 aliphatic heterocycles. The second-order valence-electron chi connectivity index (χ2n) is 1.67. The van der Waals surface area contributed by atoms with E-state index in [0.29, 0.717) is 0 Å². The van der Waals surface area contributed by atoms with Crippen molar-refractivity contribution >= 4 is 20.8 Å². The third kappa shape index (κ3) is 31.4. The summed E-state index contributed by atoms with van der Waals surface area (Å²) in [6, 6.07) is 0. The normalized spacial score (nSPS) is 10.9. The van der Waals surface area contributed by atoms with Gasteiger partial charge in [0.15, 0.2) is 0 Å². The smallest absolute Gasteiger partial charge is 0.264 e. The van der Waals surface area contributed by atoms with E-state index in [1.807, 2.05) is 0 Å². The first-order valence-electron chi connectivity index (χ1n) is 3.36. The summed E-state index contributed by atoms with van der Waals surface area (Å²) in [5.41, 5.74) is 0. The summed E-state index contributed by atoms with van der Waals surface area (Å²) in [5, 5.41) is 0. The molecule has 0 heterocycles. The van der Waals surface area contributed by atoms with Gasteiger partial charge in [0.05, 0.1) is 13.2 Å². The van der Waals surface area contributed by atoms with E-state index in [0.717, 1.165) is 0 Å². The summed E-state index contributed by atoms with van der Waals surface area (Å²) in [5.74, 6) is 0. The summed E-state index contributed by atoms with van der Waals surface area (Å²) in [6.07, 6.45) is 0. The van der Waals surface area contributed by atoms with Gasteiger partial charge in [-0.15, -0.1) is 0 Å². The fourth-order valence-corrected chi connectivity index (χ4v) is 0.894. The number of hydrogen-bond donors (Lipinski definition) is 2. The van der Waals surface area contributed by atoms with Crippen LogP contribution in [0.15, 0.2) is 0 Å². The van der Waals surface area contributed by atoms with Gasteiger partial charge in [-0.1, -0.05) is 0 Å². The zero-order valence-corrected chi connectivity index (χ0v) is 12.9. The molecule has 0 aromatic heterocycles. The molecule has 0 saturated heterocycles. The van der Waals surface area contributed by atoms with Gasteiger partial charge in [0.25, 0.3) is 0 Å². The molecule has 0 aliphatic carbocycles. The standard InChI is InChI=1S/2C2H6O4S.Zn/c2*1-2-6-7(3,4)5;/h2*2H2,1H3,(H,3,4,5);. The molecule has 0 spiro atoms. The Morgan fingerprint density at radius 3 is 1.07 bits per heavy atom. The second kappa shape index (κ2) is 9.58. The van der Waals surface area contributed by atoms with E-state index >= 15 is 0 Å². The van der Waals surface area contributed by atoms with Gasteiger partial charge < -0.3 is 0 Å². The predicted octanol–water partition coefficient (Wildman–Crippen LogP) is -0.351. The molecule has 11 heteroatoms. The molecule has 0 aromatic carbocycles. The molecule has 0 bridgehead atoms. The van der Waals surface area contributed by atoms with Crippen LogP contribution in [-0.2, 0) is 48.6 Å². The van der Waals surface area contributed by atoms with Crippen LogP contribution < -0.4 is 0 Å². The van der Waals surface area contributed by atoms with E-state index in [1.165, 1.54) is 13.8 Å². The first-order chi connectivity index (χ1) is 6.12. The minimum Gasteiger partial charge on any atom is -0.264 e. The molecule has 2 N–H and O–H groups in total. The molecule has 0 atom stereocenters. The Bertz CT molecular complexity index is 285. The Labute approximate surface area is 102 Å². The van der Waals surface area contributed by atoms with Crippen LogP contribution in [-0.4, -0.2) is 39.2 Å². The quantitative estimate of drug-likeness (QED) is 0.532. The summed E-state index contributed by atoms with van der Waals surface area (Å²) in [4.78, 5) is 0. The monoisotopic (exact) mass is 316 g/mol. The van der Waals surface area contributed by atoms with Crippen LogP contribution in [0.2, 0.25) is 0 Å². The SMILES string of the molecule is CCOS(=O)(=O)O.CCOS(=O)(=O)O.[Zn]. The minimum atomic E-state index is -4.17. The minimum absolute atomic E-state index is 0. The third-order valence-corrected chi connectivity index (χ3v) is 1.60. The fourth-order valence-electron chi connectivity index (χ4n) is 0.298. The molecule has 0 aromatic rings. The summed E-state index contributed by atoms with van der Waals surface area (Å²) in [6.45, 7) is 2.87. The Hall–Kier alpha value is 0.363. The van der Waals surface area contributed by atoms with Crippen molar-refractivity contribution in [3.63, 3.8) is 0 Å². The average molecular weight is 318 g/mol. The second-order valence-corrected chi connectivity index (χ2v) is 3.85. The van der Waals surface area contributed by atoms with Crippen molar-refractivity contribution in [2.75, 3.05) is 13.2 Å². The first-order valence-corrected chi connectivity index (χ1v) is 6.09. The summed E-state index contributed by atoms with van der Waals surface area (Å²) >= 11 is 0. The average Bonchev–Trinajstić information content (AvgIpc) is 1.81. The van der Waals surface area contributed by atoms with Crippen LogP contribution >= 0.6 is 0 Å². The van der Waals surface area contributed by atoms with Crippen LogP contribution in [0.4, 0.5) is 0 Å². The molecular formula is C4H12O8S2Zn. The van der Waals surface area contributed by atoms with Gasteiger partial charge in [0, 0.05) is 19.5 Å². The Morgan fingerprint density at radius 1 is 0.867 bits per heavy atom. The Balaban J connectivity index is -0.000000180. The van der Waals surface area contributed by atoms with Gasteiger partial charge >= 0.3 is 20.8 Å². The zero-order valence-electron chi connectivity index (χ0n) is 8.28. The molecule has 0 unspecified atom stereocenters. The topological polar surface area (TPSA) is 127 Å². The van der Waals surface area contributed by atoms with Crippen molar-refractivity contribution in [1.29, 1.82) is 0 Å². The molecule has 8 nitrogen and oxygen atoms in total. The fraction of sp³-hybridized carbons (Fsp3) is 1.00. The third-order valence-electron chi connectivity index (χ3n) is 0.534. The van der Waals surface area contributed by atoms with Gasteiger partial charge in [-0.05, 0) is 13.8 Å². The maximum atomic E-state index is 9.56. The van der Waals surface area contributed by atoms with Crippen molar-refractivity contribution in [2.45, 2.75) is 13.8 Å². The van der Waals surface area contributed by atoms with Gasteiger partial charge in [-0.2, -0.15) is 16.8 Å². The molecule has 0 radical (unpaired) electrons. The number of rotatable bonds is 4. The largest absolute Gasteiger partial charge is 0.397 e. The molecular weight excluding hydrogens is 306 g/mol. The Morgan fingerprint density at radius 2 is 1.07 bits per heavy atom. The van der Waals surface area contributed by atoms with Crippen molar-refractivity contribution in [3.05, 3.63) is 0 Å². The first kappa shape index (κ1) is 20.7. The molecule has 0 aliphatic rings. The maximum absolute atomic E-state index is 9.56. The van der Waals surface area contributed by atoms with E-state index in [-0.39, 0.29) is 32.7 Å². The molecule has 0 fully saturated rings. The molecule has 15 heavy (non-hydrogen) atoms. The van der Waals surface area contributed by atoms with Crippen LogP contribution in [0.3, 0.4) is 0 Å². The van der Waals surface area contributed by atoms with E-state index in [9.17, 15) is 16.8 Å². The van der Waals surface area contributed by atoms with Gasteiger partial charge in [-0.25, -0.2) is 8.37 Å². The van der Waals surface area contributed by atoms with E-state index in [1.54, 1.807) is 0 Å². The summed E-state index contributed by atoms with van der Waals surface area (Å²) < 4.78 is 61.3.